The van der Waals surface area contributed by atoms with Gasteiger partial charge in [0.15, 0.2) is 0 Å². The summed E-state index contributed by atoms with van der Waals surface area (Å²) in [5, 5.41) is 13.8. The first-order valence-electron chi connectivity index (χ1n) is 13.1. The van der Waals surface area contributed by atoms with E-state index in [9.17, 15) is 24.0 Å². The van der Waals surface area contributed by atoms with Gasteiger partial charge in [-0.1, -0.05) is 6.07 Å². The van der Waals surface area contributed by atoms with E-state index in [1.807, 2.05) is 0 Å². The fourth-order valence-electron chi connectivity index (χ4n) is 4.06. The number of carboxylic acids is 1. The minimum absolute atomic E-state index is 0.0275. The van der Waals surface area contributed by atoms with Crippen molar-refractivity contribution in [2.75, 3.05) is 77.9 Å². The molecule has 1 atom stereocenters. The lowest BCUT2D eigenvalue weighted by molar-refractivity contribution is -0.138. The summed E-state index contributed by atoms with van der Waals surface area (Å²) in [7, 11) is 0. The van der Waals surface area contributed by atoms with Gasteiger partial charge < -0.3 is 34.1 Å². The molecule has 40 heavy (non-hydrogen) atoms. The number of ether oxygens (including phenoxy) is 5. The quantitative estimate of drug-likeness (QED) is 0.143. The molecule has 1 saturated heterocycles. The van der Waals surface area contributed by atoms with Crippen LogP contribution in [-0.2, 0) is 38.1 Å². The van der Waals surface area contributed by atoms with E-state index in [4.69, 9.17) is 28.8 Å². The summed E-state index contributed by atoms with van der Waals surface area (Å²) >= 11 is 0. The number of nitrogens with zero attached hydrogens (tertiary/aromatic N) is 1. The van der Waals surface area contributed by atoms with Crippen LogP contribution in [0.3, 0.4) is 0 Å². The zero-order valence-corrected chi connectivity index (χ0v) is 22.2. The standard InChI is InChI=1S/C26H35N3O11/c30-21-5-4-20(24(33)28-21)29-25(34)18-2-1-3-19(23(18)26(29)35)27-7-9-37-11-13-39-15-17-40-16-14-38-12-10-36-8-6-22(31)32/h1-3,20,27H,4-17H2,(H,31,32)(H,28,30,33). The molecule has 2 heterocycles. The van der Waals surface area contributed by atoms with Crippen LogP contribution in [0.25, 0.3) is 0 Å². The van der Waals surface area contributed by atoms with Crippen LogP contribution in [0.15, 0.2) is 18.2 Å². The van der Waals surface area contributed by atoms with Gasteiger partial charge in [-0.2, -0.15) is 0 Å². The van der Waals surface area contributed by atoms with E-state index in [1.54, 1.807) is 18.2 Å². The van der Waals surface area contributed by atoms with Gasteiger partial charge in [0.05, 0.1) is 83.6 Å². The van der Waals surface area contributed by atoms with Gasteiger partial charge in [-0.3, -0.25) is 34.2 Å². The normalized spacial score (nSPS) is 16.8. The highest BCUT2D eigenvalue weighted by molar-refractivity contribution is 6.25. The third-order valence-electron chi connectivity index (χ3n) is 5.98. The minimum atomic E-state index is -1.01. The highest BCUT2D eigenvalue weighted by Gasteiger charge is 2.45. The molecule has 1 aromatic carbocycles. The second-order valence-corrected chi connectivity index (χ2v) is 8.81. The lowest BCUT2D eigenvalue weighted by Gasteiger charge is -2.27. The number of fused-ring (bicyclic) bond motifs is 1. The van der Waals surface area contributed by atoms with Crippen LogP contribution < -0.4 is 10.6 Å². The van der Waals surface area contributed by atoms with Crippen molar-refractivity contribution >= 4 is 35.3 Å². The molecule has 0 spiro atoms. The fraction of sp³-hybridized carbons (Fsp3) is 0.577. The summed E-state index contributed by atoms with van der Waals surface area (Å²) in [5.74, 6) is -3.08. The lowest BCUT2D eigenvalue weighted by atomic mass is 10.0. The number of rotatable bonds is 20. The number of carbonyl (C=O) groups is 5. The molecule has 3 N–H and O–H groups in total. The Kier molecular flexibility index (Phi) is 12.9. The number of anilines is 1. The first kappa shape index (κ1) is 31.1. The number of hydrogen-bond acceptors (Lipinski definition) is 11. The summed E-state index contributed by atoms with van der Waals surface area (Å²) in [5.41, 5.74) is 0.886. The smallest absolute Gasteiger partial charge is 0.305 e. The van der Waals surface area contributed by atoms with Crippen LogP contribution in [0.1, 0.15) is 40.0 Å². The van der Waals surface area contributed by atoms with Crippen LogP contribution in [0.2, 0.25) is 0 Å². The fourth-order valence-corrected chi connectivity index (χ4v) is 4.06. The Labute approximate surface area is 231 Å². The van der Waals surface area contributed by atoms with Gasteiger partial charge in [0, 0.05) is 18.7 Å². The summed E-state index contributed by atoms with van der Waals surface area (Å²) < 4.78 is 26.8. The third kappa shape index (κ3) is 9.34. The van der Waals surface area contributed by atoms with Gasteiger partial charge in [0.2, 0.25) is 11.8 Å². The minimum Gasteiger partial charge on any atom is -0.481 e. The van der Waals surface area contributed by atoms with E-state index >= 15 is 0 Å². The van der Waals surface area contributed by atoms with Crippen molar-refractivity contribution in [3.63, 3.8) is 0 Å². The van der Waals surface area contributed by atoms with Crippen molar-refractivity contribution in [1.82, 2.24) is 10.2 Å². The van der Waals surface area contributed by atoms with E-state index in [-0.39, 0.29) is 37.0 Å². The highest BCUT2D eigenvalue weighted by atomic mass is 16.6. The molecular formula is C26H35N3O11. The molecule has 14 nitrogen and oxygen atoms in total. The van der Waals surface area contributed by atoms with E-state index in [2.05, 4.69) is 10.6 Å². The Morgan fingerprint density at radius 2 is 1.43 bits per heavy atom. The Balaban J connectivity index is 1.22. The average Bonchev–Trinajstić information content (AvgIpc) is 3.18. The monoisotopic (exact) mass is 565 g/mol. The number of amides is 4. The summed E-state index contributed by atoms with van der Waals surface area (Å²) in [4.78, 5) is 60.9. The van der Waals surface area contributed by atoms with Gasteiger partial charge in [-0.15, -0.1) is 0 Å². The molecule has 0 saturated carbocycles. The van der Waals surface area contributed by atoms with Crippen LogP contribution in [0.5, 0.6) is 0 Å². The maximum Gasteiger partial charge on any atom is 0.305 e. The van der Waals surface area contributed by atoms with Gasteiger partial charge >= 0.3 is 5.97 Å². The first-order valence-corrected chi connectivity index (χ1v) is 13.1. The van der Waals surface area contributed by atoms with Crippen molar-refractivity contribution in [1.29, 1.82) is 0 Å². The molecule has 14 heteroatoms. The SMILES string of the molecule is O=C(O)CCOCCOCCOCCOCCOCCNc1cccc2c1C(=O)N(C1CCC(=O)NC1=O)C2=O. The van der Waals surface area contributed by atoms with E-state index in [1.165, 1.54) is 0 Å². The van der Waals surface area contributed by atoms with Gasteiger partial charge in [-0.25, -0.2) is 0 Å². The van der Waals surface area contributed by atoms with E-state index in [0.29, 0.717) is 71.7 Å². The zero-order valence-electron chi connectivity index (χ0n) is 22.2. The molecule has 220 valence electrons. The molecule has 1 fully saturated rings. The average molecular weight is 566 g/mol. The Morgan fingerprint density at radius 1 is 0.850 bits per heavy atom. The topological polar surface area (TPSA) is 179 Å². The van der Waals surface area contributed by atoms with Gasteiger partial charge in [-0.05, 0) is 18.6 Å². The first-order chi connectivity index (χ1) is 19.4. The second-order valence-electron chi connectivity index (χ2n) is 8.81. The van der Waals surface area contributed by atoms with Gasteiger partial charge in [0.1, 0.15) is 6.04 Å². The number of benzene rings is 1. The number of carbonyl (C=O) groups excluding carboxylic acids is 4. The van der Waals surface area contributed by atoms with Crippen molar-refractivity contribution in [2.45, 2.75) is 25.3 Å². The number of hydrogen-bond donors (Lipinski definition) is 3. The molecule has 3 rings (SSSR count). The van der Waals surface area contributed by atoms with Gasteiger partial charge in [0.25, 0.3) is 11.8 Å². The summed E-state index contributed by atoms with van der Waals surface area (Å²) in [6, 6.07) is 3.87. The number of carboxylic acid groups (broad SMARTS) is 1. The van der Waals surface area contributed by atoms with Crippen molar-refractivity contribution in [3.8, 4) is 0 Å². The molecule has 2 aliphatic rings. The van der Waals surface area contributed by atoms with Crippen molar-refractivity contribution in [3.05, 3.63) is 29.3 Å². The number of imide groups is 2. The van der Waals surface area contributed by atoms with E-state index in [0.717, 1.165) is 4.90 Å². The number of nitrogens with one attached hydrogen (secondary N) is 2. The Hall–Kier alpha value is -3.43. The van der Waals surface area contributed by atoms with Crippen LogP contribution >= 0.6 is 0 Å². The number of piperidine rings is 1. The molecule has 4 amide bonds. The van der Waals surface area contributed by atoms with Crippen molar-refractivity contribution in [2.24, 2.45) is 0 Å². The molecule has 0 bridgehead atoms. The largest absolute Gasteiger partial charge is 0.481 e. The molecule has 1 aromatic rings. The lowest BCUT2D eigenvalue weighted by Crippen LogP contribution is -2.54. The summed E-state index contributed by atoms with van der Waals surface area (Å²) in [6.45, 7) is 3.93. The Bertz CT molecular complexity index is 1050. The maximum atomic E-state index is 13.1. The van der Waals surface area contributed by atoms with E-state index < -0.39 is 35.6 Å². The second kappa shape index (κ2) is 16.6. The molecular weight excluding hydrogens is 530 g/mol. The third-order valence-corrected chi connectivity index (χ3v) is 5.98. The molecule has 0 aliphatic carbocycles. The van der Waals surface area contributed by atoms with Crippen molar-refractivity contribution < 1.29 is 52.8 Å². The predicted octanol–water partition coefficient (Wildman–Crippen LogP) is 0.0574. The molecule has 1 unspecified atom stereocenters. The molecule has 0 aromatic heterocycles. The molecule has 0 radical (unpaired) electrons. The summed E-state index contributed by atoms with van der Waals surface area (Å²) in [6.07, 6.45) is 0.137. The molecule has 2 aliphatic heterocycles. The predicted molar refractivity (Wildman–Crippen MR) is 138 cm³/mol. The van der Waals surface area contributed by atoms with Crippen LogP contribution in [-0.4, -0.2) is 118 Å². The van der Waals surface area contributed by atoms with Crippen LogP contribution in [0, 0.1) is 0 Å². The van der Waals surface area contributed by atoms with Crippen LogP contribution in [0.4, 0.5) is 5.69 Å². The Morgan fingerprint density at radius 3 is 2.00 bits per heavy atom. The zero-order chi connectivity index (χ0) is 28.7. The number of aliphatic carboxylic acids is 1. The highest BCUT2D eigenvalue weighted by Crippen LogP contribution is 2.32. The maximum absolute atomic E-state index is 13.1.